The van der Waals surface area contributed by atoms with Gasteiger partial charge in [0, 0.05) is 43.3 Å². The molecule has 136 valence electrons. The van der Waals surface area contributed by atoms with Crippen LogP contribution in [0.4, 0.5) is 9.52 Å². The number of hydrogen-bond donors (Lipinski definition) is 2. The normalized spacial score (nSPS) is 16.5. The van der Waals surface area contributed by atoms with Crippen molar-refractivity contribution in [2.24, 2.45) is 10.7 Å². The Morgan fingerprint density at radius 2 is 2.04 bits per heavy atom. The molecule has 3 N–H and O–H groups in total. The van der Waals surface area contributed by atoms with Gasteiger partial charge in [-0.25, -0.2) is 9.37 Å². The SMILES string of the molecule is I.NC(=NCC(O)c1ccccc1F)N1CCN(c2nccs2)CC1. The third-order valence-electron chi connectivity index (χ3n) is 3.98. The fraction of sp³-hybridized carbons (Fsp3) is 0.375. The predicted molar refractivity (Wildman–Crippen MR) is 109 cm³/mol. The molecule has 1 atom stereocenters. The molecule has 0 aliphatic carbocycles. The maximum atomic E-state index is 13.6. The van der Waals surface area contributed by atoms with E-state index in [4.69, 9.17) is 5.73 Å². The lowest BCUT2D eigenvalue weighted by molar-refractivity contribution is 0.181. The average Bonchev–Trinajstić information content (AvgIpc) is 3.14. The second kappa shape index (κ2) is 9.30. The van der Waals surface area contributed by atoms with Crippen molar-refractivity contribution in [3.63, 3.8) is 0 Å². The first-order valence-corrected chi connectivity index (χ1v) is 8.65. The highest BCUT2D eigenvalue weighted by atomic mass is 127. The van der Waals surface area contributed by atoms with Crippen LogP contribution in [0.2, 0.25) is 0 Å². The van der Waals surface area contributed by atoms with Crippen molar-refractivity contribution in [3.05, 3.63) is 47.2 Å². The summed E-state index contributed by atoms with van der Waals surface area (Å²) in [4.78, 5) is 12.7. The molecular formula is C16H21FIN5OS. The largest absolute Gasteiger partial charge is 0.386 e. The quantitative estimate of drug-likeness (QED) is 0.401. The van der Waals surface area contributed by atoms with Gasteiger partial charge in [0.2, 0.25) is 0 Å². The summed E-state index contributed by atoms with van der Waals surface area (Å²) in [5.74, 6) is -0.0555. The van der Waals surface area contributed by atoms with Crippen LogP contribution in [-0.2, 0) is 0 Å². The van der Waals surface area contributed by atoms with Gasteiger partial charge in [0.1, 0.15) is 11.9 Å². The van der Waals surface area contributed by atoms with Crippen molar-refractivity contribution < 1.29 is 9.50 Å². The van der Waals surface area contributed by atoms with E-state index in [-0.39, 0.29) is 36.1 Å². The number of nitrogens with two attached hydrogens (primary N) is 1. The van der Waals surface area contributed by atoms with Crippen LogP contribution in [0, 0.1) is 5.82 Å². The summed E-state index contributed by atoms with van der Waals surface area (Å²) in [7, 11) is 0. The molecule has 1 aliphatic heterocycles. The lowest BCUT2D eigenvalue weighted by Crippen LogP contribution is -2.51. The molecule has 1 saturated heterocycles. The van der Waals surface area contributed by atoms with Gasteiger partial charge in [0.15, 0.2) is 11.1 Å². The van der Waals surface area contributed by atoms with E-state index in [2.05, 4.69) is 14.9 Å². The zero-order chi connectivity index (χ0) is 16.9. The molecule has 3 rings (SSSR count). The van der Waals surface area contributed by atoms with Crippen molar-refractivity contribution in [2.45, 2.75) is 6.10 Å². The number of rotatable bonds is 4. The summed E-state index contributed by atoms with van der Waals surface area (Å²) >= 11 is 1.62. The van der Waals surface area contributed by atoms with Crippen molar-refractivity contribution in [1.29, 1.82) is 0 Å². The molecule has 0 radical (unpaired) electrons. The van der Waals surface area contributed by atoms with Crippen LogP contribution in [-0.4, -0.2) is 53.7 Å². The second-order valence-electron chi connectivity index (χ2n) is 5.52. The van der Waals surface area contributed by atoms with Gasteiger partial charge in [-0.1, -0.05) is 18.2 Å². The lowest BCUT2D eigenvalue weighted by atomic mass is 10.1. The third-order valence-corrected chi connectivity index (χ3v) is 4.82. The van der Waals surface area contributed by atoms with Gasteiger partial charge in [0.05, 0.1) is 6.54 Å². The Balaban J connectivity index is 0.00000225. The molecular weight excluding hydrogens is 456 g/mol. The summed E-state index contributed by atoms with van der Waals surface area (Å²) in [6, 6.07) is 6.15. The molecule has 6 nitrogen and oxygen atoms in total. The van der Waals surface area contributed by atoms with E-state index in [0.717, 1.165) is 31.3 Å². The maximum absolute atomic E-state index is 13.6. The van der Waals surface area contributed by atoms with Crippen LogP contribution in [0.15, 0.2) is 40.8 Å². The smallest absolute Gasteiger partial charge is 0.191 e. The Kier molecular flexibility index (Phi) is 7.38. The van der Waals surface area contributed by atoms with Crippen molar-refractivity contribution in [2.75, 3.05) is 37.6 Å². The van der Waals surface area contributed by atoms with E-state index < -0.39 is 11.9 Å². The number of aliphatic imine (C=N–C) groups is 1. The summed E-state index contributed by atoms with van der Waals surface area (Å²) in [5.41, 5.74) is 6.26. The maximum Gasteiger partial charge on any atom is 0.191 e. The summed E-state index contributed by atoms with van der Waals surface area (Å²) < 4.78 is 13.6. The van der Waals surface area contributed by atoms with Crippen LogP contribution >= 0.6 is 35.3 Å². The van der Waals surface area contributed by atoms with E-state index >= 15 is 0 Å². The summed E-state index contributed by atoms with van der Waals surface area (Å²) in [6.45, 7) is 3.16. The topological polar surface area (TPSA) is 78.0 Å². The zero-order valence-electron chi connectivity index (χ0n) is 13.6. The molecule has 1 fully saturated rings. The molecule has 0 spiro atoms. The van der Waals surface area contributed by atoms with Crippen LogP contribution < -0.4 is 10.6 Å². The number of guanidine groups is 1. The first-order valence-electron chi connectivity index (χ1n) is 7.77. The Morgan fingerprint density at radius 3 is 2.68 bits per heavy atom. The van der Waals surface area contributed by atoms with Gasteiger partial charge in [-0.05, 0) is 6.07 Å². The number of halogens is 2. The van der Waals surface area contributed by atoms with Crippen LogP contribution in [0.25, 0.3) is 0 Å². The average molecular weight is 477 g/mol. The molecule has 2 aromatic rings. The third kappa shape index (κ3) is 5.02. The van der Waals surface area contributed by atoms with E-state index in [0.29, 0.717) is 5.96 Å². The van der Waals surface area contributed by atoms with E-state index in [9.17, 15) is 9.50 Å². The number of nitrogens with zero attached hydrogens (tertiary/aromatic N) is 4. The van der Waals surface area contributed by atoms with Crippen LogP contribution in [0.3, 0.4) is 0 Å². The van der Waals surface area contributed by atoms with Crippen molar-refractivity contribution in [3.8, 4) is 0 Å². The number of aromatic nitrogens is 1. The minimum atomic E-state index is -0.999. The molecule has 0 bridgehead atoms. The Morgan fingerprint density at radius 1 is 1.32 bits per heavy atom. The minimum Gasteiger partial charge on any atom is -0.386 e. The number of benzene rings is 1. The number of aliphatic hydroxyl groups excluding tert-OH is 1. The first kappa shape index (κ1) is 19.9. The predicted octanol–water partition coefficient (Wildman–Crippen LogP) is 2.07. The molecule has 1 aromatic carbocycles. The molecule has 1 unspecified atom stereocenters. The van der Waals surface area contributed by atoms with Gasteiger partial charge in [-0.2, -0.15) is 0 Å². The number of hydrogen-bond acceptors (Lipinski definition) is 5. The molecule has 1 aromatic heterocycles. The Hall–Kier alpha value is -1.46. The van der Waals surface area contributed by atoms with Gasteiger partial charge in [-0.15, -0.1) is 35.3 Å². The van der Waals surface area contributed by atoms with Gasteiger partial charge in [0.25, 0.3) is 0 Å². The van der Waals surface area contributed by atoms with Crippen molar-refractivity contribution in [1.82, 2.24) is 9.88 Å². The number of anilines is 1. The highest BCUT2D eigenvalue weighted by Gasteiger charge is 2.20. The lowest BCUT2D eigenvalue weighted by Gasteiger charge is -2.35. The summed E-state index contributed by atoms with van der Waals surface area (Å²) in [5, 5.41) is 13.1. The molecule has 0 amide bonds. The molecule has 9 heteroatoms. The number of thiazole rings is 1. The van der Waals surface area contributed by atoms with E-state index in [1.54, 1.807) is 35.7 Å². The first-order chi connectivity index (χ1) is 11.6. The molecule has 25 heavy (non-hydrogen) atoms. The number of aliphatic hydroxyl groups is 1. The fourth-order valence-corrected chi connectivity index (χ4v) is 3.32. The molecule has 0 saturated carbocycles. The zero-order valence-corrected chi connectivity index (χ0v) is 16.7. The van der Waals surface area contributed by atoms with E-state index in [1.165, 1.54) is 6.07 Å². The highest BCUT2D eigenvalue weighted by Crippen LogP contribution is 2.19. The minimum absolute atomic E-state index is 0. The molecule has 2 heterocycles. The van der Waals surface area contributed by atoms with Crippen molar-refractivity contribution >= 4 is 46.4 Å². The Labute approximate surface area is 167 Å². The molecule has 1 aliphatic rings. The number of piperazine rings is 1. The highest BCUT2D eigenvalue weighted by molar-refractivity contribution is 14.0. The van der Waals surface area contributed by atoms with Gasteiger partial charge >= 0.3 is 0 Å². The van der Waals surface area contributed by atoms with Gasteiger partial charge in [-0.3, -0.25) is 4.99 Å². The van der Waals surface area contributed by atoms with Crippen LogP contribution in [0.1, 0.15) is 11.7 Å². The second-order valence-corrected chi connectivity index (χ2v) is 6.40. The van der Waals surface area contributed by atoms with Gasteiger partial charge < -0.3 is 20.6 Å². The standard InChI is InChI=1S/C16H20FN5OS.HI/c17-13-4-2-1-3-12(13)14(23)11-20-15(18)21-6-8-22(9-7-21)16-19-5-10-24-16;/h1-5,10,14,23H,6-9,11H2,(H2,18,20);1H. The van der Waals surface area contributed by atoms with Crippen LogP contribution in [0.5, 0.6) is 0 Å². The summed E-state index contributed by atoms with van der Waals surface area (Å²) in [6.07, 6.45) is 0.799. The monoisotopic (exact) mass is 477 g/mol. The Bertz CT molecular complexity index is 692. The fourth-order valence-electron chi connectivity index (χ4n) is 2.62. The van der Waals surface area contributed by atoms with E-state index in [1.807, 2.05) is 10.3 Å².